The minimum atomic E-state index is 0.667. The first-order valence-electron chi connectivity index (χ1n) is 6.48. The molecule has 0 unspecified atom stereocenters. The van der Waals surface area contributed by atoms with E-state index in [0.717, 1.165) is 28.9 Å². The van der Waals surface area contributed by atoms with Crippen LogP contribution in [0.25, 0.3) is 22.6 Å². The Morgan fingerprint density at radius 3 is 2.79 bits per heavy atom. The van der Waals surface area contributed by atoms with Crippen LogP contribution in [0.2, 0.25) is 0 Å². The smallest absolute Gasteiger partial charge is 0.227 e. The van der Waals surface area contributed by atoms with Crippen molar-refractivity contribution in [2.75, 3.05) is 11.9 Å². The van der Waals surface area contributed by atoms with Gasteiger partial charge in [-0.3, -0.25) is 0 Å². The zero-order valence-electron chi connectivity index (χ0n) is 11.1. The van der Waals surface area contributed by atoms with Crippen LogP contribution in [0.5, 0.6) is 0 Å². The van der Waals surface area contributed by atoms with E-state index in [1.54, 1.807) is 0 Å². The maximum absolute atomic E-state index is 5.79. The molecule has 0 radical (unpaired) electrons. The quantitative estimate of drug-likeness (QED) is 0.757. The molecule has 0 fully saturated rings. The van der Waals surface area contributed by atoms with Crippen molar-refractivity contribution in [3.63, 3.8) is 0 Å². The van der Waals surface area contributed by atoms with Crippen molar-refractivity contribution in [1.82, 2.24) is 4.98 Å². The van der Waals surface area contributed by atoms with Gasteiger partial charge in [-0.1, -0.05) is 18.2 Å². The van der Waals surface area contributed by atoms with E-state index < -0.39 is 0 Å². The third kappa shape index (κ3) is 2.19. The molecule has 0 aliphatic rings. The molecule has 1 heterocycles. The molecule has 0 aliphatic heterocycles. The maximum Gasteiger partial charge on any atom is 0.227 e. The molecule has 3 heteroatoms. The first-order valence-corrected chi connectivity index (χ1v) is 6.48. The molecule has 3 nitrogen and oxygen atoms in total. The molecule has 0 amide bonds. The molecule has 0 saturated carbocycles. The van der Waals surface area contributed by atoms with E-state index in [9.17, 15) is 0 Å². The summed E-state index contributed by atoms with van der Waals surface area (Å²) in [6.45, 7) is 5.08. The lowest BCUT2D eigenvalue weighted by Gasteiger charge is -2.08. The summed E-state index contributed by atoms with van der Waals surface area (Å²) in [4.78, 5) is 4.52. The fourth-order valence-electron chi connectivity index (χ4n) is 2.13. The van der Waals surface area contributed by atoms with Gasteiger partial charge in [0, 0.05) is 17.8 Å². The van der Waals surface area contributed by atoms with Crippen LogP contribution in [0.4, 0.5) is 5.69 Å². The second-order valence-corrected chi connectivity index (χ2v) is 4.55. The average molecular weight is 252 g/mol. The number of nitrogens with one attached hydrogen (secondary N) is 1. The number of para-hydroxylation sites is 2. The zero-order chi connectivity index (χ0) is 13.2. The van der Waals surface area contributed by atoms with Gasteiger partial charge in [0.05, 0.1) is 0 Å². The second-order valence-electron chi connectivity index (χ2n) is 4.55. The predicted octanol–water partition coefficient (Wildman–Crippen LogP) is 4.24. The van der Waals surface area contributed by atoms with E-state index >= 15 is 0 Å². The van der Waals surface area contributed by atoms with Crippen molar-refractivity contribution in [1.29, 1.82) is 0 Å². The van der Waals surface area contributed by atoms with Gasteiger partial charge in [-0.2, -0.15) is 0 Å². The first-order chi connectivity index (χ1) is 9.28. The minimum absolute atomic E-state index is 0.667. The molecule has 0 bridgehead atoms. The van der Waals surface area contributed by atoms with Gasteiger partial charge in [0.2, 0.25) is 5.89 Å². The monoisotopic (exact) mass is 252 g/mol. The van der Waals surface area contributed by atoms with Crippen LogP contribution < -0.4 is 5.32 Å². The van der Waals surface area contributed by atoms with Gasteiger partial charge in [0.15, 0.2) is 5.58 Å². The Morgan fingerprint density at radius 2 is 2.00 bits per heavy atom. The Labute approximate surface area is 112 Å². The highest BCUT2D eigenvalue weighted by atomic mass is 16.3. The molecular formula is C16H16N2O. The van der Waals surface area contributed by atoms with Gasteiger partial charge in [-0.05, 0) is 43.7 Å². The highest BCUT2D eigenvalue weighted by Gasteiger charge is 2.09. The number of rotatable bonds is 3. The summed E-state index contributed by atoms with van der Waals surface area (Å²) in [6.07, 6.45) is 0. The van der Waals surface area contributed by atoms with Crippen molar-refractivity contribution >= 4 is 16.8 Å². The summed E-state index contributed by atoms with van der Waals surface area (Å²) in [5, 5.41) is 3.35. The Hall–Kier alpha value is -2.29. The summed E-state index contributed by atoms with van der Waals surface area (Å²) in [6, 6.07) is 14.0. The molecule has 0 saturated heterocycles. The molecular weight excluding hydrogens is 236 g/mol. The molecule has 1 N–H and O–H groups in total. The molecule has 96 valence electrons. The number of oxazole rings is 1. The summed E-state index contributed by atoms with van der Waals surface area (Å²) in [5.74, 6) is 0.667. The molecule has 0 atom stereocenters. The van der Waals surface area contributed by atoms with E-state index in [0.29, 0.717) is 5.89 Å². The van der Waals surface area contributed by atoms with Crippen LogP contribution in [0.15, 0.2) is 46.9 Å². The summed E-state index contributed by atoms with van der Waals surface area (Å²) in [7, 11) is 0. The molecule has 0 aliphatic carbocycles. The SMILES string of the molecule is CCNc1cc(-c2nc3ccccc3o2)ccc1C. The Morgan fingerprint density at radius 1 is 1.16 bits per heavy atom. The van der Waals surface area contributed by atoms with Crippen LogP contribution in [0.1, 0.15) is 12.5 Å². The van der Waals surface area contributed by atoms with E-state index in [4.69, 9.17) is 4.42 Å². The van der Waals surface area contributed by atoms with Crippen molar-refractivity contribution in [2.45, 2.75) is 13.8 Å². The van der Waals surface area contributed by atoms with Crippen LogP contribution in [-0.2, 0) is 0 Å². The number of hydrogen-bond acceptors (Lipinski definition) is 3. The predicted molar refractivity (Wildman–Crippen MR) is 78.3 cm³/mol. The van der Waals surface area contributed by atoms with Gasteiger partial charge in [0.25, 0.3) is 0 Å². The van der Waals surface area contributed by atoms with Gasteiger partial charge in [-0.15, -0.1) is 0 Å². The van der Waals surface area contributed by atoms with E-state index in [1.165, 1.54) is 5.56 Å². The summed E-state index contributed by atoms with van der Waals surface area (Å²) >= 11 is 0. The van der Waals surface area contributed by atoms with Crippen LogP contribution >= 0.6 is 0 Å². The number of nitrogens with zero attached hydrogens (tertiary/aromatic N) is 1. The summed E-state index contributed by atoms with van der Waals surface area (Å²) < 4.78 is 5.79. The molecule has 3 rings (SSSR count). The van der Waals surface area contributed by atoms with Gasteiger partial charge in [0.1, 0.15) is 5.52 Å². The lowest BCUT2D eigenvalue weighted by molar-refractivity contribution is 0.620. The first kappa shape index (κ1) is 11.8. The van der Waals surface area contributed by atoms with E-state index in [2.05, 4.69) is 36.3 Å². The van der Waals surface area contributed by atoms with Crippen LogP contribution in [0, 0.1) is 6.92 Å². The average Bonchev–Trinajstić information content (AvgIpc) is 2.85. The lowest BCUT2D eigenvalue weighted by atomic mass is 10.1. The van der Waals surface area contributed by atoms with E-state index in [1.807, 2.05) is 30.3 Å². The van der Waals surface area contributed by atoms with Gasteiger partial charge >= 0.3 is 0 Å². The van der Waals surface area contributed by atoms with E-state index in [-0.39, 0.29) is 0 Å². The Balaban J connectivity index is 2.08. The number of aryl methyl sites for hydroxylation is 1. The van der Waals surface area contributed by atoms with Crippen molar-refractivity contribution in [3.05, 3.63) is 48.0 Å². The highest BCUT2D eigenvalue weighted by Crippen LogP contribution is 2.27. The minimum Gasteiger partial charge on any atom is -0.436 e. The van der Waals surface area contributed by atoms with Crippen molar-refractivity contribution in [3.8, 4) is 11.5 Å². The molecule has 2 aromatic carbocycles. The fourth-order valence-corrected chi connectivity index (χ4v) is 2.13. The van der Waals surface area contributed by atoms with Gasteiger partial charge < -0.3 is 9.73 Å². The Bertz CT molecular complexity index is 683. The van der Waals surface area contributed by atoms with Crippen LogP contribution in [0.3, 0.4) is 0 Å². The number of benzene rings is 2. The molecule has 3 aromatic rings. The Kier molecular flexibility index (Phi) is 2.95. The fraction of sp³-hybridized carbons (Fsp3) is 0.188. The lowest BCUT2D eigenvalue weighted by Crippen LogP contribution is -1.98. The largest absolute Gasteiger partial charge is 0.436 e. The van der Waals surface area contributed by atoms with Crippen molar-refractivity contribution in [2.24, 2.45) is 0 Å². The number of aromatic nitrogens is 1. The second kappa shape index (κ2) is 4.76. The highest BCUT2D eigenvalue weighted by molar-refractivity contribution is 5.76. The summed E-state index contributed by atoms with van der Waals surface area (Å²) in [5.41, 5.74) is 5.06. The normalized spacial score (nSPS) is 10.8. The standard InChI is InChI=1S/C16H16N2O/c1-3-17-14-10-12(9-8-11(14)2)16-18-13-6-4-5-7-15(13)19-16/h4-10,17H,3H2,1-2H3. The molecule has 0 spiro atoms. The van der Waals surface area contributed by atoms with Gasteiger partial charge in [-0.25, -0.2) is 4.98 Å². The van der Waals surface area contributed by atoms with Crippen molar-refractivity contribution < 1.29 is 4.42 Å². The maximum atomic E-state index is 5.79. The van der Waals surface area contributed by atoms with Crippen LogP contribution in [-0.4, -0.2) is 11.5 Å². The number of anilines is 1. The number of fused-ring (bicyclic) bond motifs is 1. The topological polar surface area (TPSA) is 38.1 Å². The molecule has 1 aromatic heterocycles. The third-order valence-corrected chi connectivity index (χ3v) is 3.15. The number of hydrogen-bond donors (Lipinski definition) is 1. The third-order valence-electron chi connectivity index (χ3n) is 3.15. The molecule has 19 heavy (non-hydrogen) atoms. The zero-order valence-corrected chi connectivity index (χ0v) is 11.1.